The minimum Gasteiger partial charge on any atom is -0.383 e. The number of carbonyl (C=O) groups excluding carboxylic acids is 1. The van der Waals surface area contributed by atoms with Gasteiger partial charge in [-0.2, -0.15) is 0 Å². The van der Waals surface area contributed by atoms with Gasteiger partial charge in [0.15, 0.2) is 5.13 Å². The number of nitrogens with one attached hydrogen (secondary N) is 2. The van der Waals surface area contributed by atoms with Crippen molar-refractivity contribution >= 4 is 22.4 Å². The van der Waals surface area contributed by atoms with Crippen molar-refractivity contribution in [2.45, 2.75) is 25.8 Å². The molecular formula is C14H24N4O2S. The highest BCUT2D eigenvalue weighted by Crippen LogP contribution is 2.17. The van der Waals surface area contributed by atoms with Gasteiger partial charge in [0.25, 0.3) is 5.91 Å². The summed E-state index contributed by atoms with van der Waals surface area (Å²) in [6.45, 7) is 6.25. The van der Waals surface area contributed by atoms with Crippen LogP contribution in [0.5, 0.6) is 0 Å². The SMILES string of the molecule is CCNc1nc(C(=O)NCC2CCCN2CCOC)cs1. The molecule has 2 heterocycles. The number of thiazole rings is 1. The van der Waals surface area contributed by atoms with Gasteiger partial charge in [-0.1, -0.05) is 0 Å². The molecule has 2 rings (SSSR count). The fourth-order valence-electron chi connectivity index (χ4n) is 2.54. The molecule has 1 aliphatic heterocycles. The van der Waals surface area contributed by atoms with E-state index < -0.39 is 0 Å². The van der Waals surface area contributed by atoms with E-state index >= 15 is 0 Å². The van der Waals surface area contributed by atoms with Crippen LogP contribution in [0.15, 0.2) is 5.38 Å². The van der Waals surface area contributed by atoms with Gasteiger partial charge < -0.3 is 15.4 Å². The molecule has 0 saturated carbocycles. The number of amides is 1. The maximum absolute atomic E-state index is 12.1. The summed E-state index contributed by atoms with van der Waals surface area (Å²) in [6.07, 6.45) is 2.31. The second-order valence-electron chi connectivity index (χ2n) is 5.10. The quantitative estimate of drug-likeness (QED) is 0.760. The predicted molar refractivity (Wildman–Crippen MR) is 85.1 cm³/mol. The molecule has 1 atom stereocenters. The molecule has 1 aromatic heterocycles. The monoisotopic (exact) mass is 312 g/mol. The van der Waals surface area contributed by atoms with Crippen molar-refractivity contribution in [2.75, 3.05) is 45.2 Å². The molecule has 2 N–H and O–H groups in total. The molecule has 1 fully saturated rings. The Balaban J connectivity index is 1.79. The number of nitrogens with zero attached hydrogens (tertiary/aromatic N) is 2. The second kappa shape index (κ2) is 8.31. The van der Waals surface area contributed by atoms with Crippen LogP contribution in [0.2, 0.25) is 0 Å². The standard InChI is InChI=1S/C14H24N4O2S/c1-3-15-14-17-12(10-21-14)13(19)16-9-11-5-4-6-18(11)7-8-20-2/h10-11H,3-9H2,1-2H3,(H,15,17)(H,16,19). The number of carbonyl (C=O) groups is 1. The molecule has 0 spiro atoms. The Kier molecular flexibility index (Phi) is 6.41. The van der Waals surface area contributed by atoms with Crippen LogP contribution in [0.3, 0.4) is 0 Å². The van der Waals surface area contributed by atoms with Gasteiger partial charge in [-0.15, -0.1) is 11.3 Å². The molecule has 0 aromatic carbocycles. The van der Waals surface area contributed by atoms with Crippen LogP contribution < -0.4 is 10.6 Å². The average Bonchev–Trinajstić information content (AvgIpc) is 3.12. The molecule has 1 aromatic rings. The first-order chi connectivity index (χ1) is 10.2. The highest BCUT2D eigenvalue weighted by atomic mass is 32.1. The van der Waals surface area contributed by atoms with Gasteiger partial charge in [-0.25, -0.2) is 4.98 Å². The van der Waals surface area contributed by atoms with E-state index in [0.29, 0.717) is 18.3 Å². The highest BCUT2D eigenvalue weighted by Gasteiger charge is 2.24. The number of likely N-dealkylation sites (tertiary alicyclic amines) is 1. The number of hydrogen-bond donors (Lipinski definition) is 2. The first kappa shape index (κ1) is 16.2. The van der Waals surface area contributed by atoms with Crippen molar-refractivity contribution in [2.24, 2.45) is 0 Å². The lowest BCUT2D eigenvalue weighted by molar-refractivity contribution is 0.0928. The van der Waals surface area contributed by atoms with Gasteiger partial charge in [0.1, 0.15) is 5.69 Å². The van der Waals surface area contributed by atoms with Crippen molar-refractivity contribution in [3.05, 3.63) is 11.1 Å². The number of aromatic nitrogens is 1. The smallest absolute Gasteiger partial charge is 0.270 e. The number of anilines is 1. The Morgan fingerprint density at radius 2 is 2.48 bits per heavy atom. The van der Waals surface area contributed by atoms with Gasteiger partial charge in [0.05, 0.1) is 6.61 Å². The average molecular weight is 312 g/mol. The maximum Gasteiger partial charge on any atom is 0.270 e. The largest absolute Gasteiger partial charge is 0.383 e. The van der Waals surface area contributed by atoms with Crippen molar-refractivity contribution in [1.29, 1.82) is 0 Å². The van der Waals surface area contributed by atoms with Crippen molar-refractivity contribution in [3.8, 4) is 0 Å². The lowest BCUT2D eigenvalue weighted by atomic mass is 10.2. The van der Waals surface area contributed by atoms with Crippen molar-refractivity contribution in [1.82, 2.24) is 15.2 Å². The Hall–Kier alpha value is -1.18. The summed E-state index contributed by atoms with van der Waals surface area (Å²) in [6, 6.07) is 0.413. The summed E-state index contributed by atoms with van der Waals surface area (Å²) in [4.78, 5) is 18.8. The first-order valence-electron chi connectivity index (χ1n) is 7.45. The normalized spacial score (nSPS) is 18.9. The molecule has 21 heavy (non-hydrogen) atoms. The molecule has 1 amide bonds. The molecule has 7 heteroatoms. The third kappa shape index (κ3) is 4.66. The summed E-state index contributed by atoms with van der Waals surface area (Å²) in [5.41, 5.74) is 0.498. The summed E-state index contributed by atoms with van der Waals surface area (Å²) < 4.78 is 5.13. The first-order valence-corrected chi connectivity index (χ1v) is 8.33. The van der Waals surface area contributed by atoms with Gasteiger partial charge in [0.2, 0.25) is 0 Å². The van der Waals surface area contributed by atoms with E-state index in [4.69, 9.17) is 4.74 Å². The van der Waals surface area contributed by atoms with Crippen LogP contribution in [-0.2, 0) is 4.74 Å². The van der Waals surface area contributed by atoms with E-state index in [2.05, 4.69) is 20.5 Å². The van der Waals surface area contributed by atoms with Crippen molar-refractivity contribution < 1.29 is 9.53 Å². The van der Waals surface area contributed by atoms with Crippen LogP contribution in [0, 0.1) is 0 Å². The molecule has 0 bridgehead atoms. The molecule has 1 aliphatic rings. The van der Waals surface area contributed by atoms with Crippen molar-refractivity contribution in [3.63, 3.8) is 0 Å². The summed E-state index contributed by atoms with van der Waals surface area (Å²) in [5.74, 6) is -0.0889. The fraction of sp³-hybridized carbons (Fsp3) is 0.714. The molecule has 1 saturated heterocycles. The lowest BCUT2D eigenvalue weighted by Gasteiger charge is -2.24. The highest BCUT2D eigenvalue weighted by molar-refractivity contribution is 7.13. The topological polar surface area (TPSA) is 66.5 Å². The zero-order chi connectivity index (χ0) is 15.1. The zero-order valence-corrected chi connectivity index (χ0v) is 13.5. The summed E-state index contributed by atoms with van der Waals surface area (Å²) in [7, 11) is 1.72. The maximum atomic E-state index is 12.1. The van der Waals surface area contributed by atoms with E-state index in [9.17, 15) is 4.79 Å². The summed E-state index contributed by atoms with van der Waals surface area (Å²) in [5, 5.41) is 8.71. The van der Waals surface area contributed by atoms with Gasteiger partial charge in [-0.05, 0) is 26.3 Å². The van der Waals surface area contributed by atoms with E-state index in [1.54, 1.807) is 12.5 Å². The number of ether oxygens (including phenoxy) is 1. The third-order valence-corrected chi connectivity index (χ3v) is 4.44. The number of hydrogen-bond acceptors (Lipinski definition) is 6. The van der Waals surface area contributed by atoms with Gasteiger partial charge in [0, 0.05) is 38.2 Å². The number of rotatable bonds is 8. The van der Waals surface area contributed by atoms with Crippen LogP contribution in [0.4, 0.5) is 5.13 Å². The number of methoxy groups -OCH3 is 1. The fourth-order valence-corrected chi connectivity index (χ4v) is 3.30. The van der Waals surface area contributed by atoms with Crippen LogP contribution in [0.25, 0.3) is 0 Å². The van der Waals surface area contributed by atoms with Crippen LogP contribution in [-0.4, -0.2) is 61.7 Å². The summed E-state index contributed by atoms with van der Waals surface area (Å²) >= 11 is 1.46. The minimum atomic E-state index is -0.0889. The Morgan fingerprint density at radius 1 is 1.62 bits per heavy atom. The lowest BCUT2D eigenvalue weighted by Crippen LogP contribution is -2.41. The minimum absolute atomic E-state index is 0.0889. The Bertz CT molecular complexity index is 452. The predicted octanol–water partition coefficient (Wildman–Crippen LogP) is 1.42. The van der Waals surface area contributed by atoms with E-state index in [1.165, 1.54) is 17.8 Å². The van der Waals surface area contributed by atoms with Crippen LogP contribution in [0.1, 0.15) is 30.3 Å². The molecule has 118 valence electrons. The molecule has 6 nitrogen and oxygen atoms in total. The molecular weight excluding hydrogens is 288 g/mol. The molecule has 0 aliphatic carbocycles. The second-order valence-corrected chi connectivity index (χ2v) is 5.96. The van der Waals surface area contributed by atoms with Gasteiger partial charge >= 0.3 is 0 Å². The Labute approximate surface area is 129 Å². The zero-order valence-electron chi connectivity index (χ0n) is 12.7. The van der Waals surface area contributed by atoms with E-state index in [1.807, 2.05) is 6.92 Å². The van der Waals surface area contributed by atoms with E-state index in [0.717, 1.165) is 37.8 Å². The Morgan fingerprint density at radius 3 is 3.24 bits per heavy atom. The van der Waals surface area contributed by atoms with Gasteiger partial charge in [-0.3, -0.25) is 9.69 Å². The van der Waals surface area contributed by atoms with Crippen LogP contribution >= 0.6 is 11.3 Å². The molecule has 1 unspecified atom stereocenters. The van der Waals surface area contributed by atoms with E-state index in [-0.39, 0.29) is 5.91 Å². The third-order valence-electron chi connectivity index (χ3n) is 3.64. The molecule has 0 radical (unpaired) electrons.